The van der Waals surface area contributed by atoms with Crippen LogP contribution in [0.4, 0.5) is 0 Å². The molecular weight excluding hydrogens is 160 g/mol. The van der Waals surface area contributed by atoms with E-state index in [1.54, 1.807) is 13.8 Å². The topological polar surface area (TPSA) is 58.9 Å². The monoisotopic (exact) mass is 174 g/mol. The van der Waals surface area contributed by atoms with Crippen LogP contribution in [0.2, 0.25) is 0 Å². The molecule has 0 amide bonds. The highest BCUT2D eigenvalue weighted by Gasteiger charge is 2.64. The van der Waals surface area contributed by atoms with E-state index >= 15 is 0 Å². The van der Waals surface area contributed by atoms with E-state index in [-0.39, 0.29) is 13.2 Å². The molecule has 4 atom stereocenters. The van der Waals surface area contributed by atoms with E-state index in [1.165, 1.54) is 0 Å². The van der Waals surface area contributed by atoms with Gasteiger partial charge in [-0.15, -0.1) is 0 Å². The van der Waals surface area contributed by atoms with Crippen molar-refractivity contribution in [3.8, 4) is 0 Å². The Hall–Kier alpha value is -0.160. The lowest BCUT2D eigenvalue weighted by Gasteiger charge is -2.33. The molecule has 2 fully saturated rings. The minimum Gasteiger partial charge on any atom is -0.388 e. The summed E-state index contributed by atoms with van der Waals surface area (Å²) in [6, 6.07) is 0. The van der Waals surface area contributed by atoms with Gasteiger partial charge in [0.25, 0.3) is 0 Å². The van der Waals surface area contributed by atoms with Crippen LogP contribution >= 0.6 is 0 Å². The smallest absolute Gasteiger partial charge is 0.125 e. The molecule has 0 spiro atoms. The average Bonchev–Trinajstić information content (AvgIpc) is 2.39. The lowest BCUT2D eigenvalue weighted by molar-refractivity contribution is -0.107. The van der Waals surface area contributed by atoms with Gasteiger partial charge in [0, 0.05) is 0 Å². The molecule has 0 bridgehead atoms. The van der Waals surface area contributed by atoms with Crippen molar-refractivity contribution in [1.82, 2.24) is 0 Å². The first-order chi connectivity index (χ1) is 5.51. The third kappa shape index (κ3) is 0.713. The highest BCUT2D eigenvalue weighted by atomic mass is 16.6. The van der Waals surface area contributed by atoms with Crippen molar-refractivity contribution in [2.75, 3.05) is 13.2 Å². The lowest BCUT2D eigenvalue weighted by Crippen LogP contribution is -2.53. The Morgan fingerprint density at radius 1 is 1.00 bits per heavy atom. The molecule has 12 heavy (non-hydrogen) atoms. The average molecular weight is 174 g/mol. The molecule has 2 heterocycles. The predicted octanol–water partition coefficient (Wildman–Crippen LogP) is -0.714. The molecule has 70 valence electrons. The van der Waals surface area contributed by atoms with Crippen LogP contribution in [-0.2, 0) is 9.47 Å². The SMILES string of the molecule is C[C@]12OC[C@H](O)[C@@]1(C)OC[C@@H]2O. The van der Waals surface area contributed by atoms with Gasteiger partial charge in [-0.1, -0.05) is 0 Å². The molecule has 2 aliphatic rings. The molecule has 2 rings (SSSR count). The molecule has 2 N–H and O–H groups in total. The van der Waals surface area contributed by atoms with Gasteiger partial charge in [-0.2, -0.15) is 0 Å². The minimum absolute atomic E-state index is 0.240. The molecule has 0 aromatic carbocycles. The van der Waals surface area contributed by atoms with Crippen LogP contribution < -0.4 is 0 Å². The van der Waals surface area contributed by atoms with Crippen LogP contribution in [0.25, 0.3) is 0 Å². The molecular formula is C8H14O4. The van der Waals surface area contributed by atoms with Crippen molar-refractivity contribution in [3.63, 3.8) is 0 Å². The lowest BCUT2D eigenvalue weighted by atomic mass is 9.83. The van der Waals surface area contributed by atoms with E-state index in [0.29, 0.717) is 0 Å². The molecule has 0 aromatic heterocycles. The number of ether oxygens (including phenoxy) is 2. The summed E-state index contributed by atoms with van der Waals surface area (Å²) in [5.74, 6) is 0. The molecule has 0 aliphatic carbocycles. The fourth-order valence-electron chi connectivity index (χ4n) is 1.96. The van der Waals surface area contributed by atoms with Gasteiger partial charge in [-0.3, -0.25) is 0 Å². The van der Waals surface area contributed by atoms with Crippen molar-refractivity contribution >= 4 is 0 Å². The minimum atomic E-state index is -0.744. The molecule has 0 unspecified atom stereocenters. The first kappa shape index (κ1) is 8.44. The van der Waals surface area contributed by atoms with Crippen LogP contribution in [0.1, 0.15) is 13.8 Å². The van der Waals surface area contributed by atoms with E-state index in [4.69, 9.17) is 9.47 Å². The summed E-state index contributed by atoms with van der Waals surface area (Å²) < 4.78 is 10.7. The van der Waals surface area contributed by atoms with Crippen LogP contribution in [0.15, 0.2) is 0 Å². The van der Waals surface area contributed by atoms with Gasteiger partial charge >= 0.3 is 0 Å². The Labute approximate surface area is 71.1 Å². The quantitative estimate of drug-likeness (QED) is 0.509. The maximum absolute atomic E-state index is 9.58. The maximum atomic E-state index is 9.58. The van der Waals surface area contributed by atoms with Crippen molar-refractivity contribution in [2.24, 2.45) is 0 Å². The number of hydrogen-bond acceptors (Lipinski definition) is 4. The summed E-state index contributed by atoms with van der Waals surface area (Å²) in [5, 5.41) is 19.2. The first-order valence-corrected chi connectivity index (χ1v) is 4.15. The summed E-state index contributed by atoms with van der Waals surface area (Å²) in [6.45, 7) is 4.04. The van der Waals surface area contributed by atoms with Crippen molar-refractivity contribution in [2.45, 2.75) is 37.3 Å². The number of hydrogen-bond donors (Lipinski definition) is 2. The van der Waals surface area contributed by atoms with E-state index < -0.39 is 23.4 Å². The van der Waals surface area contributed by atoms with Crippen LogP contribution in [0, 0.1) is 0 Å². The fraction of sp³-hybridized carbons (Fsp3) is 1.00. The zero-order chi connectivity index (χ0) is 8.98. The third-order valence-electron chi connectivity index (χ3n) is 3.34. The van der Waals surface area contributed by atoms with Gasteiger partial charge in [0.05, 0.1) is 13.2 Å². The third-order valence-corrected chi connectivity index (χ3v) is 3.34. The zero-order valence-electron chi connectivity index (χ0n) is 7.28. The van der Waals surface area contributed by atoms with Gasteiger partial charge in [0.2, 0.25) is 0 Å². The Bertz CT molecular complexity index is 185. The van der Waals surface area contributed by atoms with E-state index in [9.17, 15) is 10.2 Å². The standard InChI is InChI=1S/C8H14O4/c1-7-5(9)3-12-8(7,2)6(10)4-11-7/h5-6,9-10H,3-4H2,1-2H3/t5-,6-,7+,8+/m0/s1. The van der Waals surface area contributed by atoms with E-state index in [1.807, 2.05) is 0 Å². The van der Waals surface area contributed by atoms with Crippen molar-refractivity contribution < 1.29 is 19.7 Å². The number of aliphatic hydroxyl groups is 2. The summed E-state index contributed by atoms with van der Waals surface area (Å²) in [5.41, 5.74) is -1.49. The van der Waals surface area contributed by atoms with Crippen LogP contribution in [0.3, 0.4) is 0 Å². The van der Waals surface area contributed by atoms with Crippen molar-refractivity contribution in [3.05, 3.63) is 0 Å². The van der Waals surface area contributed by atoms with Gasteiger partial charge in [-0.25, -0.2) is 0 Å². The Morgan fingerprint density at radius 2 is 1.33 bits per heavy atom. The summed E-state index contributed by atoms with van der Waals surface area (Å²) in [7, 11) is 0. The molecule has 0 aromatic rings. The number of rotatable bonds is 0. The second-order valence-corrected chi connectivity index (χ2v) is 3.87. The highest BCUT2D eigenvalue weighted by Crippen LogP contribution is 2.45. The molecule has 0 radical (unpaired) electrons. The van der Waals surface area contributed by atoms with Gasteiger partial charge in [0.15, 0.2) is 0 Å². The van der Waals surface area contributed by atoms with Gasteiger partial charge in [0.1, 0.15) is 23.4 Å². The summed E-state index contributed by atoms with van der Waals surface area (Å²) in [4.78, 5) is 0. The molecule has 4 nitrogen and oxygen atoms in total. The molecule has 2 saturated heterocycles. The number of aliphatic hydroxyl groups excluding tert-OH is 2. The molecule has 0 saturated carbocycles. The fourth-order valence-corrected chi connectivity index (χ4v) is 1.96. The highest BCUT2D eigenvalue weighted by molar-refractivity contribution is 5.13. The molecule has 4 heteroatoms. The van der Waals surface area contributed by atoms with E-state index in [2.05, 4.69) is 0 Å². The largest absolute Gasteiger partial charge is 0.388 e. The van der Waals surface area contributed by atoms with Crippen LogP contribution in [0.5, 0.6) is 0 Å². The van der Waals surface area contributed by atoms with E-state index in [0.717, 1.165) is 0 Å². The molecule has 2 aliphatic heterocycles. The first-order valence-electron chi connectivity index (χ1n) is 4.15. The second-order valence-electron chi connectivity index (χ2n) is 3.87. The van der Waals surface area contributed by atoms with Gasteiger partial charge < -0.3 is 19.7 Å². The predicted molar refractivity (Wildman–Crippen MR) is 40.7 cm³/mol. The zero-order valence-corrected chi connectivity index (χ0v) is 7.28. The van der Waals surface area contributed by atoms with Crippen LogP contribution in [-0.4, -0.2) is 46.8 Å². The normalized spacial score (nSPS) is 59.0. The van der Waals surface area contributed by atoms with Gasteiger partial charge in [-0.05, 0) is 13.8 Å². The van der Waals surface area contributed by atoms with Crippen molar-refractivity contribution in [1.29, 1.82) is 0 Å². The second kappa shape index (κ2) is 2.20. The summed E-state index contributed by atoms with van der Waals surface area (Å²) >= 11 is 0. The maximum Gasteiger partial charge on any atom is 0.125 e. The number of fused-ring (bicyclic) bond motifs is 1. The Balaban J connectivity index is 2.37. The Morgan fingerprint density at radius 3 is 1.67 bits per heavy atom. The summed E-state index contributed by atoms with van der Waals surface area (Å²) in [6.07, 6.45) is -1.28. The Kier molecular flexibility index (Phi) is 1.55.